The fourth-order valence-corrected chi connectivity index (χ4v) is 1.99. The van der Waals surface area contributed by atoms with Gasteiger partial charge in [-0.2, -0.15) is 0 Å². The zero-order chi connectivity index (χ0) is 12.1. The lowest BCUT2D eigenvalue weighted by atomic mass is 10.1. The Kier molecular flexibility index (Phi) is 12.1. The predicted octanol–water partition coefficient (Wildman–Crippen LogP) is 2.80. The molecule has 96 valence electrons. The molecule has 0 atom stereocenters. The Morgan fingerprint density at radius 1 is 0.750 bits per heavy atom. The van der Waals surface area contributed by atoms with Gasteiger partial charge in [-0.15, -0.1) is 0 Å². The first kappa shape index (κ1) is 15.5. The molecule has 0 aromatic rings. The quantitative estimate of drug-likeness (QED) is 0.301. The van der Waals surface area contributed by atoms with Gasteiger partial charge < -0.3 is 0 Å². The third-order valence-electron chi connectivity index (χ3n) is 3.07. The lowest BCUT2D eigenvalue weighted by Gasteiger charge is -2.01. The molecule has 0 aromatic carbocycles. The second-order valence-electron chi connectivity index (χ2n) is 4.86. The van der Waals surface area contributed by atoms with E-state index in [9.17, 15) is 0 Å². The minimum absolute atomic E-state index is 0.593. The van der Waals surface area contributed by atoms with Gasteiger partial charge in [-0.1, -0.05) is 71.1 Å². The van der Waals surface area contributed by atoms with Crippen molar-refractivity contribution >= 4 is 5.84 Å². The first-order chi connectivity index (χ1) is 7.77. The molecule has 0 spiro atoms. The van der Waals surface area contributed by atoms with Gasteiger partial charge in [-0.05, 0) is 6.42 Å². The van der Waals surface area contributed by atoms with Gasteiger partial charge in [-0.25, -0.2) is 0 Å². The third kappa shape index (κ3) is 13.5. The summed E-state index contributed by atoms with van der Waals surface area (Å²) < 4.78 is 0. The van der Waals surface area contributed by atoms with Gasteiger partial charge in [0.2, 0.25) is 5.84 Å². The van der Waals surface area contributed by atoms with Crippen molar-refractivity contribution in [3.05, 3.63) is 0 Å². The second kappa shape index (κ2) is 12.5. The van der Waals surface area contributed by atoms with Gasteiger partial charge in [0.1, 0.15) is 0 Å². The van der Waals surface area contributed by atoms with Gasteiger partial charge in [0.15, 0.2) is 0 Å². The topological polar surface area (TPSA) is 51.6 Å². The van der Waals surface area contributed by atoms with Crippen LogP contribution in [0.5, 0.6) is 0 Å². The fraction of sp³-hybridized carbons (Fsp3) is 0.929. The van der Waals surface area contributed by atoms with Gasteiger partial charge in [0, 0.05) is 6.42 Å². The van der Waals surface area contributed by atoms with E-state index in [0.717, 1.165) is 6.42 Å². The summed E-state index contributed by atoms with van der Waals surface area (Å²) in [5, 5.41) is 5.41. The fourth-order valence-electron chi connectivity index (χ4n) is 1.99. The molecule has 0 heterocycles. The Morgan fingerprint density at radius 3 is 1.50 bits per heavy atom. The van der Waals surface area contributed by atoms with Gasteiger partial charge in [0.25, 0.3) is 0 Å². The monoisotopic (exact) mass is 227 g/mol. The van der Waals surface area contributed by atoms with Crippen LogP contribution >= 0.6 is 0 Å². The average molecular weight is 227 g/mol. The maximum atomic E-state index is 5.41. The van der Waals surface area contributed by atoms with Crippen molar-refractivity contribution < 1.29 is 5.41 Å². The molecule has 0 rings (SSSR count). The van der Waals surface area contributed by atoms with E-state index in [1.807, 2.05) is 0 Å². The van der Waals surface area contributed by atoms with Gasteiger partial charge >= 0.3 is 0 Å². The Morgan fingerprint density at radius 2 is 1.12 bits per heavy atom. The molecule has 0 aliphatic rings. The lowest BCUT2D eigenvalue weighted by Crippen LogP contribution is -2.45. The molecule has 16 heavy (non-hydrogen) atoms. The highest BCUT2D eigenvalue weighted by Crippen LogP contribution is 2.11. The third-order valence-corrected chi connectivity index (χ3v) is 3.07. The van der Waals surface area contributed by atoms with E-state index in [0.29, 0.717) is 5.84 Å². The smallest absolute Gasteiger partial charge is 0.238 e. The Balaban J connectivity index is 2.90. The predicted molar refractivity (Wildman–Crippen MR) is 72.2 cm³/mol. The standard InChI is InChI=1S/C14H30N2/c1-2-3-4-5-6-7-8-9-10-11-12-13-14(15)16/h2-13H2,1H3,(H3,15,16)/p+1. The van der Waals surface area contributed by atoms with Gasteiger partial charge in [-0.3, -0.25) is 11.1 Å². The zero-order valence-electron chi connectivity index (χ0n) is 11.1. The van der Waals surface area contributed by atoms with E-state index in [1.165, 1.54) is 70.6 Å². The molecule has 0 aliphatic heterocycles. The minimum Gasteiger partial charge on any atom is -0.291 e. The molecule has 0 saturated heterocycles. The van der Waals surface area contributed by atoms with E-state index in [2.05, 4.69) is 6.92 Å². The normalized spacial score (nSPS) is 10.6. The summed E-state index contributed by atoms with van der Waals surface area (Å²) in [5.74, 6) is 0.593. The molecule has 0 aromatic heterocycles. The number of rotatable bonds is 12. The van der Waals surface area contributed by atoms with Crippen LogP contribution in [0.15, 0.2) is 0 Å². The molecule has 0 radical (unpaired) electrons. The van der Waals surface area contributed by atoms with Crippen LogP contribution in [0.4, 0.5) is 0 Å². The van der Waals surface area contributed by atoms with E-state index < -0.39 is 0 Å². The van der Waals surface area contributed by atoms with Crippen LogP contribution in [0.1, 0.15) is 84.0 Å². The van der Waals surface area contributed by atoms with Crippen LogP contribution in [0.2, 0.25) is 0 Å². The largest absolute Gasteiger partial charge is 0.291 e. The SMILES string of the molecule is CCCCCCCCCCCCCC(N)=[NH2+]. The molecule has 0 fully saturated rings. The van der Waals surface area contributed by atoms with Crippen LogP contribution in [0.3, 0.4) is 0 Å². The first-order valence-electron chi connectivity index (χ1n) is 7.14. The summed E-state index contributed by atoms with van der Waals surface area (Å²) in [4.78, 5) is 0. The highest BCUT2D eigenvalue weighted by molar-refractivity contribution is 5.73. The van der Waals surface area contributed by atoms with Crippen molar-refractivity contribution in [1.29, 1.82) is 0 Å². The van der Waals surface area contributed by atoms with Crippen LogP contribution in [0.25, 0.3) is 0 Å². The molecule has 0 unspecified atom stereocenters. The maximum Gasteiger partial charge on any atom is 0.238 e. The number of hydrogen-bond donors (Lipinski definition) is 2. The minimum atomic E-state index is 0.593. The lowest BCUT2D eigenvalue weighted by molar-refractivity contribution is -0.118. The average Bonchev–Trinajstić information content (AvgIpc) is 2.25. The van der Waals surface area contributed by atoms with E-state index >= 15 is 0 Å². The molecule has 4 N–H and O–H groups in total. The second-order valence-corrected chi connectivity index (χ2v) is 4.86. The first-order valence-corrected chi connectivity index (χ1v) is 7.14. The summed E-state index contributed by atoms with van der Waals surface area (Å²) in [5.41, 5.74) is 5.41. The molecular weight excluding hydrogens is 196 g/mol. The van der Waals surface area contributed by atoms with E-state index in [1.54, 1.807) is 0 Å². The van der Waals surface area contributed by atoms with Crippen molar-refractivity contribution in [2.45, 2.75) is 84.0 Å². The number of unbranched alkanes of at least 4 members (excludes halogenated alkanes) is 10. The van der Waals surface area contributed by atoms with Crippen molar-refractivity contribution in [2.75, 3.05) is 0 Å². The number of nitrogens with two attached hydrogens (primary N) is 2. The molecular formula is C14H31N2+. The maximum absolute atomic E-state index is 5.41. The summed E-state index contributed by atoms with van der Waals surface area (Å²) >= 11 is 0. The summed E-state index contributed by atoms with van der Waals surface area (Å²) in [6.45, 7) is 2.27. The molecule has 0 bridgehead atoms. The molecule has 0 aliphatic carbocycles. The Labute approximate surface area is 102 Å². The van der Waals surface area contributed by atoms with Crippen molar-refractivity contribution in [3.63, 3.8) is 0 Å². The van der Waals surface area contributed by atoms with Crippen LogP contribution in [-0.2, 0) is 0 Å². The summed E-state index contributed by atoms with van der Waals surface area (Å²) in [6.07, 6.45) is 16.0. The Hall–Kier alpha value is -0.530. The highest BCUT2D eigenvalue weighted by atomic mass is 14.7. The van der Waals surface area contributed by atoms with Crippen molar-refractivity contribution in [3.8, 4) is 0 Å². The summed E-state index contributed by atoms with van der Waals surface area (Å²) in [7, 11) is 0. The molecule has 2 nitrogen and oxygen atoms in total. The van der Waals surface area contributed by atoms with Crippen molar-refractivity contribution in [1.82, 2.24) is 0 Å². The Bertz CT molecular complexity index is 155. The van der Waals surface area contributed by atoms with E-state index in [-0.39, 0.29) is 0 Å². The van der Waals surface area contributed by atoms with Crippen LogP contribution in [0, 0.1) is 0 Å². The van der Waals surface area contributed by atoms with Crippen molar-refractivity contribution in [2.24, 2.45) is 5.73 Å². The zero-order valence-corrected chi connectivity index (χ0v) is 11.1. The summed E-state index contributed by atoms with van der Waals surface area (Å²) in [6, 6.07) is 0. The molecule has 2 heteroatoms. The van der Waals surface area contributed by atoms with Crippen LogP contribution < -0.4 is 11.1 Å². The number of amidine groups is 1. The molecule has 0 amide bonds. The van der Waals surface area contributed by atoms with Gasteiger partial charge in [0.05, 0.1) is 0 Å². The number of hydrogen-bond acceptors (Lipinski definition) is 0. The molecule has 0 saturated carbocycles. The van der Waals surface area contributed by atoms with Crippen LogP contribution in [-0.4, -0.2) is 5.84 Å². The highest BCUT2D eigenvalue weighted by Gasteiger charge is 1.96. The van der Waals surface area contributed by atoms with E-state index in [4.69, 9.17) is 11.1 Å².